The number of aromatic nitrogens is 5. The topological polar surface area (TPSA) is 107 Å². The number of anilines is 1. The van der Waals surface area contributed by atoms with E-state index in [-0.39, 0.29) is 29.8 Å². The highest BCUT2D eigenvalue weighted by atomic mass is 16.5. The van der Waals surface area contributed by atoms with Crippen molar-refractivity contribution in [1.29, 1.82) is 0 Å². The summed E-state index contributed by atoms with van der Waals surface area (Å²) in [5.41, 5.74) is 0. The first-order valence-electron chi connectivity index (χ1n) is 9.75. The van der Waals surface area contributed by atoms with E-state index in [1.54, 1.807) is 24.1 Å². The van der Waals surface area contributed by atoms with Gasteiger partial charge in [0.25, 0.3) is 0 Å². The average molecular weight is 387 g/mol. The number of nitrogens with one attached hydrogen (secondary N) is 2. The van der Waals surface area contributed by atoms with Gasteiger partial charge >= 0.3 is 0 Å². The molecule has 0 radical (unpaired) electrons. The van der Waals surface area contributed by atoms with Crippen LogP contribution in [0.2, 0.25) is 0 Å². The normalized spacial score (nSPS) is 20.6. The molecule has 9 nitrogen and oxygen atoms in total. The van der Waals surface area contributed by atoms with Crippen molar-refractivity contribution in [3.63, 3.8) is 0 Å². The van der Waals surface area contributed by atoms with Gasteiger partial charge in [-0.25, -0.2) is 9.97 Å². The Bertz CT molecular complexity index is 784. The van der Waals surface area contributed by atoms with Crippen molar-refractivity contribution in [2.75, 3.05) is 12.4 Å². The summed E-state index contributed by atoms with van der Waals surface area (Å²) in [5.74, 6) is 2.23. The molecule has 152 valence electrons. The van der Waals surface area contributed by atoms with Crippen LogP contribution in [0.5, 0.6) is 5.88 Å². The van der Waals surface area contributed by atoms with E-state index in [2.05, 4.69) is 44.5 Å². The maximum absolute atomic E-state index is 12.8. The molecule has 1 unspecified atom stereocenters. The molecule has 1 aliphatic carbocycles. The lowest BCUT2D eigenvalue weighted by atomic mass is 9.85. The zero-order chi connectivity index (χ0) is 20.1. The summed E-state index contributed by atoms with van der Waals surface area (Å²) in [4.78, 5) is 25.7. The Morgan fingerprint density at radius 2 is 2.00 bits per heavy atom. The van der Waals surface area contributed by atoms with Gasteiger partial charge in [0.15, 0.2) is 0 Å². The summed E-state index contributed by atoms with van der Waals surface area (Å²) < 4.78 is 6.85. The van der Waals surface area contributed by atoms with Gasteiger partial charge in [0.05, 0.1) is 13.2 Å². The van der Waals surface area contributed by atoms with Crippen LogP contribution in [0.1, 0.15) is 51.4 Å². The van der Waals surface area contributed by atoms with E-state index < -0.39 is 0 Å². The van der Waals surface area contributed by atoms with Crippen LogP contribution in [0.3, 0.4) is 0 Å². The zero-order valence-electron chi connectivity index (χ0n) is 16.9. The summed E-state index contributed by atoms with van der Waals surface area (Å²) in [6, 6.07) is 1.84. The molecule has 2 aromatic heterocycles. The second-order valence-electron chi connectivity index (χ2n) is 7.59. The lowest BCUT2D eigenvalue weighted by molar-refractivity contribution is -0.127. The SMILES string of the molecule is COc1ccnc(NC2CCC(C(=O)NC(c3ncnn3C)C(C)C)CC2)n1. The number of methoxy groups -OCH3 is 1. The largest absolute Gasteiger partial charge is 0.481 e. The molecule has 3 rings (SSSR count). The van der Waals surface area contributed by atoms with E-state index >= 15 is 0 Å². The van der Waals surface area contributed by atoms with Crippen molar-refractivity contribution in [2.45, 2.75) is 51.6 Å². The first kappa shape index (κ1) is 20.0. The lowest BCUT2D eigenvalue weighted by Crippen LogP contribution is -2.40. The van der Waals surface area contributed by atoms with Gasteiger partial charge in [-0.05, 0) is 31.6 Å². The molecular formula is C19H29N7O2. The second kappa shape index (κ2) is 8.99. The molecule has 0 spiro atoms. The molecule has 0 aliphatic heterocycles. The molecule has 28 heavy (non-hydrogen) atoms. The molecule has 1 aliphatic rings. The summed E-state index contributed by atoms with van der Waals surface area (Å²) in [5, 5.41) is 10.7. The molecule has 0 aromatic carbocycles. The third kappa shape index (κ3) is 4.76. The standard InChI is InChI=1S/C19H29N7O2/c1-12(2)16(17-21-11-22-26(17)3)25-18(27)13-5-7-14(8-6-13)23-19-20-10-9-15(24-19)28-4/h9-14,16H,5-8H2,1-4H3,(H,25,27)(H,20,23,24). The van der Waals surface area contributed by atoms with E-state index in [0.717, 1.165) is 31.5 Å². The van der Waals surface area contributed by atoms with Crippen LogP contribution in [0.25, 0.3) is 0 Å². The first-order chi connectivity index (χ1) is 13.5. The fourth-order valence-electron chi connectivity index (χ4n) is 3.60. The molecule has 1 amide bonds. The van der Waals surface area contributed by atoms with Gasteiger partial charge in [-0.3, -0.25) is 9.48 Å². The van der Waals surface area contributed by atoms with E-state index in [1.807, 2.05) is 7.05 Å². The van der Waals surface area contributed by atoms with E-state index in [0.29, 0.717) is 11.8 Å². The van der Waals surface area contributed by atoms with Crippen LogP contribution < -0.4 is 15.4 Å². The third-order valence-electron chi connectivity index (χ3n) is 5.26. The van der Waals surface area contributed by atoms with Gasteiger partial charge < -0.3 is 15.4 Å². The Hall–Kier alpha value is -2.71. The van der Waals surface area contributed by atoms with Crippen molar-refractivity contribution in [3.8, 4) is 5.88 Å². The third-order valence-corrected chi connectivity index (χ3v) is 5.26. The van der Waals surface area contributed by atoms with Crippen LogP contribution in [-0.2, 0) is 11.8 Å². The van der Waals surface area contributed by atoms with Crippen LogP contribution in [0, 0.1) is 11.8 Å². The van der Waals surface area contributed by atoms with Crippen LogP contribution >= 0.6 is 0 Å². The second-order valence-corrected chi connectivity index (χ2v) is 7.59. The molecule has 2 N–H and O–H groups in total. The molecule has 1 fully saturated rings. The first-order valence-corrected chi connectivity index (χ1v) is 9.75. The summed E-state index contributed by atoms with van der Waals surface area (Å²) in [6.07, 6.45) is 6.65. The number of hydrogen-bond acceptors (Lipinski definition) is 7. The fraction of sp³-hybridized carbons (Fsp3) is 0.632. The maximum Gasteiger partial charge on any atom is 0.226 e. The number of amides is 1. The van der Waals surface area contributed by atoms with Crippen LogP contribution in [0.4, 0.5) is 5.95 Å². The van der Waals surface area contributed by atoms with Crippen LogP contribution in [-0.4, -0.2) is 43.8 Å². The average Bonchev–Trinajstić information content (AvgIpc) is 3.12. The number of ether oxygens (including phenoxy) is 1. The van der Waals surface area contributed by atoms with Gasteiger partial charge in [0.2, 0.25) is 17.7 Å². The molecule has 1 saturated carbocycles. The lowest BCUT2D eigenvalue weighted by Gasteiger charge is -2.30. The Kier molecular flexibility index (Phi) is 6.43. The zero-order valence-corrected chi connectivity index (χ0v) is 16.9. The van der Waals surface area contributed by atoms with Crippen LogP contribution in [0.15, 0.2) is 18.6 Å². The highest BCUT2D eigenvalue weighted by molar-refractivity contribution is 5.79. The van der Waals surface area contributed by atoms with Gasteiger partial charge in [0.1, 0.15) is 12.2 Å². The fourth-order valence-corrected chi connectivity index (χ4v) is 3.60. The van der Waals surface area contributed by atoms with Crippen molar-refractivity contribution in [3.05, 3.63) is 24.4 Å². The van der Waals surface area contributed by atoms with Crippen molar-refractivity contribution in [2.24, 2.45) is 18.9 Å². The van der Waals surface area contributed by atoms with Crippen molar-refractivity contribution in [1.82, 2.24) is 30.0 Å². The van der Waals surface area contributed by atoms with Crippen molar-refractivity contribution < 1.29 is 9.53 Å². The van der Waals surface area contributed by atoms with Crippen molar-refractivity contribution >= 4 is 11.9 Å². The predicted molar refractivity (Wildman–Crippen MR) is 105 cm³/mol. The molecule has 1 atom stereocenters. The minimum atomic E-state index is -0.138. The maximum atomic E-state index is 12.8. The number of aryl methyl sites for hydroxylation is 1. The molecule has 0 bridgehead atoms. The minimum Gasteiger partial charge on any atom is -0.481 e. The summed E-state index contributed by atoms with van der Waals surface area (Å²) in [6.45, 7) is 4.16. The smallest absolute Gasteiger partial charge is 0.226 e. The number of nitrogens with zero attached hydrogens (tertiary/aromatic N) is 5. The number of hydrogen-bond donors (Lipinski definition) is 2. The number of carbonyl (C=O) groups excluding carboxylic acids is 1. The van der Waals surface area contributed by atoms with E-state index in [1.165, 1.54) is 6.33 Å². The predicted octanol–water partition coefficient (Wildman–Crippen LogP) is 2.10. The quantitative estimate of drug-likeness (QED) is 0.749. The monoisotopic (exact) mass is 387 g/mol. The molecule has 9 heteroatoms. The highest BCUT2D eigenvalue weighted by Gasteiger charge is 2.30. The van der Waals surface area contributed by atoms with Gasteiger partial charge in [-0.1, -0.05) is 13.8 Å². The molecule has 2 aromatic rings. The van der Waals surface area contributed by atoms with Gasteiger partial charge in [-0.15, -0.1) is 0 Å². The minimum absolute atomic E-state index is 0.0127. The number of carbonyl (C=O) groups is 1. The molecule has 0 saturated heterocycles. The molecule has 2 heterocycles. The highest BCUT2D eigenvalue weighted by Crippen LogP contribution is 2.28. The Morgan fingerprint density at radius 3 is 2.61 bits per heavy atom. The summed E-state index contributed by atoms with van der Waals surface area (Å²) >= 11 is 0. The van der Waals surface area contributed by atoms with E-state index in [4.69, 9.17) is 4.74 Å². The summed E-state index contributed by atoms with van der Waals surface area (Å²) in [7, 11) is 3.43. The van der Waals surface area contributed by atoms with Gasteiger partial charge in [0, 0.05) is 31.3 Å². The molecular weight excluding hydrogens is 358 g/mol. The Labute approximate surface area is 165 Å². The number of rotatable bonds is 7. The van der Waals surface area contributed by atoms with Gasteiger partial charge in [-0.2, -0.15) is 10.1 Å². The Balaban J connectivity index is 1.53. The Morgan fingerprint density at radius 1 is 1.25 bits per heavy atom. The van der Waals surface area contributed by atoms with E-state index in [9.17, 15) is 4.79 Å².